The van der Waals surface area contributed by atoms with Crippen LogP contribution in [-0.2, 0) is 6.54 Å². The third-order valence-electron chi connectivity index (χ3n) is 2.45. The molecule has 0 amide bonds. The van der Waals surface area contributed by atoms with Crippen LogP contribution in [0.1, 0.15) is 12.6 Å². The molecule has 0 N–H and O–H groups in total. The summed E-state index contributed by atoms with van der Waals surface area (Å²) in [5.74, 6) is 0. The lowest BCUT2D eigenvalue weighted by atomic mass is 10.2. The first-order valence-electron chi connectivity index (χ1n) is 3.99. The van der Waals surface area contributed by atoms with Gasteiger partial charge in [-0.25, -0.2) is 4.58 Å². The van der Waals surface area contributed by atoms with E-state index in [2.05, 4.69) is 41.4 Å². The summed E-state index contributed by atoms with van der Waals surface area (Å²) in [6.07, 6.45) is 2.14. The summed E-state index contributed by atoms with van der Waals surface area (Å²) in [4.78, 5) is 0. The number of fused-ring (bicyclic) bond motifs is 1. The highest BCUT2D eigenvalue weighted by Crippen LogP contribution is 2.07. The van der Waals surface area contributed by atoms with E-state index in [-0.39, 0.29) is 0 Å². The van der Waals surface area contributed by atoms with Crippen molar-refractivity contribution in [3.05, 3.63) is 24.0 Å². The maximum absolute atomic E-state index is 2.30. The Morgan fingerprint density at radius 3 is 3.18 bits per heavy atom. The Morgan fingerprint density at radius 2 is 2.36 bits per heavy atom. The van der Waals surface area contributed by atoms with Crippen molar-refractivity contribution in [1.29, 1.82) is 0 Å². The van der Waals surface area contributed by atoms with Crippen molar-refractivity contribution in [1.82, 2.24) is 4.57 Å². The molecule has 2 heteroatoms. The number of hydrogen-bond donors (Lipinski definition) is 0. The second-order valence-electron chi connectivity index (χ2n) is 3.09. The summed E-state index contributed by atoms with van der Waals surface area (Å²) >= 11 is 0. The normalized spacial score (nSPS) is 16.9. The van der Waals surface area contributed by atoms with Crippen LogP contribution >= 0.6 is 0 Å². The van der Waals surface area contributed by atoms with Gasteiger partial charge in [0.15, 0.2) is 12.3 Å². The molecule has 0 saturated heterocycles. The predicted octanol–water partition coefficient (Wildman–Crippen LogP) is 0.953. The fraction of sp³-hybridized carbons (Fsp3) is 0.444. The van der Waals surface area contributed by atoms with Crippen molar-refractivity contribution in [2.45, 2.75) is 13.5 Å². The Bertz CT molecular complexity index is 307. The molecule has 0 spiro atoms. The van der Waals surface area contributed by atoms with Crippen LogP contribution in [0, 0.1) is 0 Å². The number of nitrogens with zero attached hydrogens (tertiary/aromatic N) is 2. The molecular formula is C9H13N2+. The van der Waals surface area contributed by atoms with Gasteiger partial charge in [-0.2, -0.15) is 0 Å². The van der Waals surface area contributed by atoms with E-state index < -0.39 is 0 Å². The van der Waals surface area contributed by atoms with Crippen LogP contribution in [0.25, 0.3) is 0 Å². The zero-order chi connectivity index (χ0) is 7.84. The Labute approximate surface area is 66.8 Å². The summed E-state index contributed by atoms with van der Waals surface area (Å²) < 4.78 is 4.60. The summed E-state index contributed by atoms with van der Waals surface area (Å²) in [6, 6.07) is 4.28. The quantitative estimate of drug-likeness (QED) is 0.485. The molecule has 0 atom stereocenters. The van der Waals surface area contributed by atoms with Gasteiger partial charge in [0.25, 0.3) is 0 Å². The van der Waals surface area contributed by atoms with Crippen LogP contribution in [0.4, 0.5) is 0 Å². The van der Waals surface area contributed by atoms with Gasteiger partial charge in [-0.05, 0) is 12.1 Å². The largest absolute Gasteiger partial charge is 0.337 e. The molecule has 0 aliphatic carbocycles. The Balaban J connectivity index is 2.57. The summed E-state index contributed by atoms with van der Waals surface area (Å²) in [7, 11) is 2.14. The second-order valence-corrected chi connectivity index (χ2v) is 3.09. The first-order valence-corrected chi connectivity index (χ1v) is 3.99. The molecule has 1 aliphatic heterocycles. The molecule has 1 aromatic rings. The van der Waals surface area contributed by atoms with Crippen molar-refractivity contribution >= 4 is 5.71 Å². The van der Waals surface area contributed by atoms with Crippen LogP contribution < -0.4 is 0 Å². The van der Waals surface area contributed by atoms with Gasteiger partial charge in [0, 0.05) is 13.1 Å². The standard InChI is InChI=1S/C9H13N2/c1-8-9-4-3-5-11(9)7-6-10(8)2/h3-5H,6-7H2,1-2H3/q+1. The molecule has 1 aromatic heterocycles. The first kappa shape index (κ1) is 6.65. The van der Waals surface area contributed by atoms with Crippen LogP contribution in [-0.4, -0.2) is 28.4 Å². The van der Waals surface area contributed by atoms with E-state index in [1.54, 1.807) is 0 Å². The van der Waals surface area contributed by atoms with Crippen LogP contribution in [0.5, 0.6) is 0 Å². The third-order valence-corrected chi connectivity index (χ3v) is 2.45. The SMILES string of the molecule is CC1=[N+](C)CCn2cccc21. The lowest BCUT2D eigenvalue weighted by Gasteiger charge is -2.12. The average Bonchev–Trinajstić information content (AvgIpc) is 2.45. The summed E-state index contributed by atoms with van der Waals surface area (Å²) in [6.45, 7) is 4.43. The van der Waals surface area contributed by atoms with Gasteiger partial charge in [-0.15, -0.1) is 0 Å². The minimum absolute atomic E-state index is 1.12. The van der Waals surface area contributed by atoms with E-state index in [0.717, 1.165) is 13.1 Å². The number of hydrogen-bond acceptors (Lipinski definition) is 0. The van der Waals surface area contributed by atoms with Crippen LogP contribution in [0.2, 0.25) is 0 Å². The Hall–Kier alpha value is -1.05. The monoisotopic (exact) mass is 149 g/mol. The third kappa shape index (κ3) is 0.897. The van der Waals surface area contributed by atoms with Crippen LogP contribution in [0.3, 0.4) is 0 Å². The van der Waals surface area contributed by atoms with E-state index in [9.17, 15) is 0 Å². The number of aromatic nitrogens is 1. The smallest absolute Gasteiger partial charge is 0.196 e. The van der Waals surface area contributed by atoms with Crippen molar-refractivity contribution in [3.63, 3.8) is 0 Å². The van der Waals surface area contributed by atoms with E-state index in [1.807, 2.05) is 0 Å². The molecule has 58 valence electrons. The lowest BCUT2D eigenvalue weighted by Crippen LogP contribution is -2.28. The Kier molecular flexibility index (Phi) is 1.34. The summed E-state index contributed by atoms with van der Waals surface area (Å²) in [5, 5.41) is 0. The molecule has 2 heterocycles. The molecule has 2 rings (SSSR count). The van der Waals surface area contributed by atoms with Crippen molar-refractivity contribution < 1.29 is 4.58 Å². The van der Waals surface area contributed by atoms with Crippen LogP contribution in [0.15, 0.2) is 18.3 Å². The maximum Gasteiger partial charge on any atom is 0.196 e. The van der Waals surface area contributed by atoms with E-state index in [0.29, 0.717) is 0 Å². The van der Waals surface area contributed by atoms with E-state index in [4.69, 9.17) is 0 Å². The zero-order valence-electron chi connectivity index (χ0n) is 7.04. The minimum Gasteiger partial charge on any atom is -0.337 e. The maximum atomic E-state index is 2.30. The van der Waals surface area contributed by atoms with Gasteiger partial charge in [0.2, 0.25) is 0 Å². The first-order chi connectivity index (χ1) is 5.29. The molecule has 0 unspecified atom stereocenters. The Morgan fingerprint density at radius 1 is 1.55 bits per heavy atom. The molecule has 0 bridgehead atoms. The number of rotatable bonds is 0. The van der Waals surface area contributed by atoms with Gasteiger partial charge in [-0.3, -0.25) is 0 Å². The van der Waals surface area contributed by atoms with Crippen molar-refractivity contribution in [2.75, 3.05) is 13.6 Å². The molecule has 0 radical (unpaired) electrons. The molecular weight excluding hydrogens is 136 g/mol. The van der Waals surface area contributed by atoms with E-state index in [1.165, 1.54) is 11.4 Å². The lowest BCUT2D eigenvalue weighted by molar-refractivity contribution is -0.501. The molecule has 0 saturated carbocycles. The van der Waals surface area contributed by atoms with E-state index >= 15 is 0 Å². The molecule has 2 nitrogen and oxygen atoms in total. The van der Waals surface area contributed by atoms with Gasteiger partial charge >= 0.3 is 0 Å². The minimum atomic E-state index is 1.12. The molecule has 1 aliphatic rings. The molecule has 0 fully saturated rings. The highest BCUT2D eigenvalue weighted by atomic mass is 15.1. The van der Waals surface area contributed by atoms with Crippen molar-refractivity contribution in [3.8, 4) is 0 Å². The fourth-order valence-corrected chi connectivity index (χ4v) is 1.56. The highest BCUT2D eigenvalue weighted by Gasteiger charge is 2.17. The predicted molar refractivity (Wildman–Crippen MR) is 45.3 cm³/mol. The van der Waals surface area contributed by atoms with Gasteiger partial charge in [0.05, 0.1) is 6.54 Å². The number of likely N-dealkylation sites (N-methyl/N-ethyl adjacent to an activating group) is 1. The fourth-order valence-electron chi connectivity index (χ4n) is 1.56. The molecule has 0 aromatic carbocycles. The molecule has 11 heavy (non-hydrogen) atoms. The van der Waals surface area contributed by atoms with Crippen molar-refractivity contribution in [2.24, 2.45) is 0 Å². The highest BCUT2D eigenvalue weighted by molar-refractivity contribution is 5.93. The average molecular weight is 149 g/mol. The zero-order valence-corrected chi connectivity index (χ0v) is 7.04. The van der Waals surface area contributed by atoms with Gasteiger partial charge < -0.3 is 4.57 Å². The van der Waals surface area contributed by atoms with Gasteiger partial charge in [-0.1, -0.05) is 0 Å². The topological polar surface area (TPSA) is 7.94 Å². The second kappa shape index (κ2) is 2.22. The summed E-state index contributed by atoms with van der Waals surface area (Å²) in [5.41, 5.74) is 2.74. The van der Waals surface area contributed by atoms with Gasteiger partial charge in [0.1, 0.15) is 12.7 Å².